The topological polar surface area (TPSA) is 32.8 Å². The lowest BCUT2D eigenvalue weighted by molar-refractivity contribution is 0.668. The first-order valence-electron chi connectivity index (χ1n) is 25.8. The van der Waals surface area contributed by atoms with Crippen LogP contribution in [0.2, 0.25) is 0 Å². The predicted molar refractivity (Wildman–Crippen MR) is 312 cm³/mol. The van der Waals surface area contributed by atoms with Gasteiger partial charge in [0, 0.05) is 32.9 Å². The molecule has 0 aliphatic heterocycles. The molecule has 75 heavy (non-hydrogen) atoms. The molecule has 0 fully saturated rings. The highest BCUT2D eigenvalue weighted by molar-refractivity contribution is 6.21. The number of nitrogens with zero attached hydrogens (tertiary/aromatic N) is 2. The molecule has 0 atom stereocenters. The van der Waals surface area contributed by atoms with Crippen molar-refractivity contribution in [2.75, 3.05) is 9.80 Å². The fourth-order valence-corrected chi connectivity index (χ4v) is 12.6. The van der Waals surface area contributed by atoms with Crippen LogP contribution >= 0.6 is 0 Å². The predicted octanol–water partition coefficient (Wildman–Crippen LogP) is 19.7. The summed E-state index contributed by atoms with van der Waals surface area (Å²) in [5, 5.41) is 8.98. The van der Waals surface area contributed by atoms with Crippen molar-refractivity contribution in [3.05, 3.63) is 288 Å². The van der Waals surface area contributed by atoms with Crippen molar-refractivity contribution in [1.82, 2.24) is 0 Å². The van der Waals surface area contributed by atoms with Gasteiger partial charge < -0.3 is 18.6 Å². The van der Waals surface area contributed by atoms with Crippen LogP contribution in [0.3, 0.4) is 0 Å². The number of furan rings is 2. The van der Waals surface area contributed by atoms with Crippen molar-refractivity contribution in [3.63, 3.8) is 0 Å². The Morgan fingerprint density at radius 2 is 0.640 bits per heavy atom. The van der Waals surface area contributed by atoms with Gasteiger partial charge in [0.25, 0.3) is 0 Å². The minimum Gasteiger partial charge on any atom is -0.456 e. The molecule has 0 bridgehead atoms. The van der Waals surface area contributed by atoms with Crippen LogP contribution in [0.15, 0.2) is 264 Å². The molecular formula is C71H48N2O2. The van der Waals surface area contributed by atoms with Crippen molar-refractivity contribution in [1.29, 1.82) is 0 Å². The van der Waals surface area contributed by atoms with Crippen LogP contribution in [-0.2, 0) is 5.41 Å². The normalized spacial score (nSPS) is 12.8. The average Bonchev–Trinajstić information content (AvgIpc) is 4.15. The Bertz CT molecular complexity index is 4260. The Labute approximate surface area is 434 Å². The summed E-state index contributed by atoms with van der Waals surface area (Å²) in [7, 11) is 0. The Balaban J connectivity index is 1.11. The zero-order chi connectivity index (χ0) is 49.8. The van der Waals surface area contributed by atoms with E-state index < -0.39 is 5.41 Å². The molecule has 0 saturated carbocycles. The third-order valence-corrected chi connectivity index (χ3v) is 15.8. The van der Waals surface area contributed by atoms with Gasteiger partial charge in [0.2, 0.25) is 0 Å². The largest absolute Gasteiger partial charge is 0.456 e. The van der Waals surface area contributed by atoms with Gasteiger partial charge in [0.1, 0.15) is 22.3 Å². The van der Waals surface area contributed by atoms with E-state index >= 15 is 0 Å². The molecular weight excluding hydrogens is 913 g/mol. The maximum atomic E-state index is 6.63. The molecule has 4 heteroatoms. The molecule has 0 amide bonds. The van der Waals surface area contributed by atoms with Crippen LogP contribution < -0.4 is 9.80 Å². The van der Waals surface area contributed by atoms with E-state index in [2.05, 4.69) is 278 Å². The quantitative estimate of drug-likeness (QED) is 0.152. The van der Waals surface area contributed by atoms with Crippen molar-refractivity contribution in [3.8, 4) is 11.1 Å². The standard InChI is InChI=1S/C71H48N2O2/c1-45-35-39-49(40-36-45)72(59-29-17-33-65-69(59)55-27-13-15-31-63(55)74-65)61-43-57-67(53-25-11-9-23-51(53)61)68-54-26-12-10-24-52(54)62(44-58(68)71(57,47-19-5-3-6-20-47)48-21-7-4-8-22-48)73(50-41-37-46(2)38-42-50)60-30-18-34-66-70(60)56-28-14-16-32-64(56)75-66/h3-44H,1-2H3. The van der Waals surface area contributed by atoms with E-state index in [4.69, 9.17) is 8.83 Å². The third-order valence-electron chi connectivity index (χ3n) is 15.8. The van der Waals surface area contributed by atoms with Crippen LogP contribution in [0.1, 0.15) is 33.4 Å². The summed E-state index contributed by atoms with van der Waals surface area (Å²) in [5.41, 5.74) is 18.7. The average molecular weight is 961 g/mol. The van der Waals surface area contributed by atoms with Crippen LogP contribution in [0.4, 0.5) is 34.1 Å². The summed E-state index contributed by atoms with van der Waals surface area (Å²) in [6.07, 6.45) is 0. The van der Waals surface area contributed by atoms with E-state index in [0.717, 1.165) is 88.8 Å². The van der Waals surface area contributed by atoms with Gasteiger partial charge >= 0.3 is 0 Å². The van der Waals surface area contributed by atoms with Gasteiger partial charge in [-0.3, -0.25) is 0 Å². The van der Waals surface area contributed by atoms with Gasteiger partial charge in [0.05, 0.1) is 38.9 Å². The van der Waals surface area contributed by atoms with Gasteiger partial charge in [-0.2, -0.15) is 0 Å². The second-order valence-electron chi connectivity index (χ2n) is 20.0. The minimum atomic E-state index is -0.800. The molecule has 2 heterocycles. The van der Waals surface area contributed by atoms with Crippen molar-refractivity contribution >= 4 is 99.5 Å². The summed E-state index contributed by atoms with van der Waals surface area (Å²) in [5.74, 6) is 0. The second kappa shape index (κ2) is 16.7. The second-order valence-corrected chi connectivity index (χ2v) is 20.0. The summed E-state index contributed by atoms with van der Waals surface area (Å²) < 4.78 is 13.3. The lowest BCUT2D eigenvalue weighted by Gasteiger charge is -2.36. The summed E-state index contributed by atoms with van der Waals surface area (Å²) in [4.78, 5) is 4.96. The van der Waals surface area contributed by atoms with Gasteiger partial charge in [-0.25, -0.2) is 0 Å². The van der Waals surface area contributed by atoms with Gasteiger partial charge in [-0.15, -0.1) is 0 Å². The molecule has 0 radical (unpaired) electrons. The molecule has 14 aromatic rings. The molecule has 1 aliphatic carbocycles. The van der Waals surface area contributed by atoms with Crippen molar-refractivity contribution in [2.24, 2.45) is 0 Å². The minimum absolute atomic E-state index is 0.800. The summed E-state index contributed by atoms with van der Waals surface area (Å²) in [6.45, 7) is 4.32. The first-order valence-corrected chi connectivity index (χ1v) is 25.8. The van der Waals surface area contributed by atoms with E-state index in [1.807, 2.05) is 0 Å². The molecule has 0 saturated heterocycles. The van der Waals surface area contributed by atoms with E-state index in [9.17, 15) is 0 Å². The molecule has 12 aromatic carbocycles. The van der Waals surface area contributed by atoms with E-state index in [1.165, 1.54) is 55.3 Å². The first kappa shape index (κ1) is 43.0. The monoisotopic (exact) mass is 960 g/mol. The molecule has 15 rings (SSSR count). The van der Waals surface area contributed by atoms with Crippen LogP contribution in [0.5, 0.6) is 0 Å². The molecule has 354 valence electrons. The zero-order valence-electron chi connectivity index (χ0n) is 41.5. The lowest BCUT2D eigenvalue weighted by Crippen LogP contribution is -2.29. The fourth-order valence-electron chi connectivity index (χ4n) is 12.6. The molecule has 1 aliphatic rings. The lowest BCUT2D eigenvalue weighted by atomic mass is 9.67. The molecule has 0 spiro atoms. The number of rotatable bonds is 8. The maximum Gasteiger partial charge on any atom is 0.137 e. The highest BCUT2D eigenvalue weighted by atomic mass is 16.3. The van der Waals surface area contributed by atoms with Crippen LogP contribution in [0.25, 0.3) is 76.5 Å². The number of benzene rings is 12. The Morgan fingerprint density at radius 3 is 1.05 bits per heavy atom. The summed E-state index contributed by atoms with van der Waals surface area (Å²) in [6, 6.07) is 93.4. The number of anilines is 6. The van der Waals surface area contributed by atoms with Gasteiger partial charge in [-0.05, 0) is 131 Å². The van der Waals surface area contributed by atoms with Gasteiger partial charge in [-0.1, -0.05) is 193 Å². The first-order chi connectivity index (χ1) is 37.0. The molecule has 4 nitrogen and oxygen atoms in total. The van der Waals surface area contributed by atoms with Crippen LogP contribution in [0, 0.1) is 13.8 Å². The van der Waals surface area contributed by atoms with Crippen molar-refractivity contribution in [2.45, 2.75) is 19.3 Å². The highest BCUT2D eigenvalue weighted by Gasteiger charge is 2.49. The van der Waals surface area contributed by atoms with E-state index in [0.29, 0.717) is 0 Å². The van der Waals surface area contributed by atoms with Gasteiger partial charge in [0.15, 0.2) is 0 Å². The Kier molecular flexibility index (Phi) is 9.58. The van der Waals surface area contributed by atoms with E-state index in [1.54, 1.807) is 0 Å². The molecule has 2 aromatic heterocycles. The van der Waals surface area contributed by atoms with E-state index in [-0.39, 0.29) is 0 Å². The maximum absolute atomic E-state index is 6.63. The number of hydrogen-bond acceptors (Lipinski definition) is 4. The summed E-state index contributed by atoms with van der Waals surface area (Å²) >= 11 is 0. The number of hydrogen-bond donors (Lipinski definition) is 0. The molecule has 0 unspecified atom stereocenters. The number of fused-ring (bicyclic) bond motifs is 13. The zero-order valence-corrected chi connectivity index (χ0v) is 41.5. The highest BCUT2D eigenvalue weighted by Crippen LogP contribution is 2.63. The fraction of sp³-hybridized carbons (Fsp3) is 0.0423. The Morgan fingerprint density at radius 1 is 0.293 bits per heavy atom. The smallest absolute Gasteiger partial charge is 0.137 e. The SMILES string of the molecule is Cc1ccc(N(c2cc3c(c4ccccc24)-c2c(cc(N(c4ccc(C)cc4)c4cccc5oc6ccccc6c45)c4ccccc24)C3(c2ccccc2)c2ccccc2)c2cccc3oc4ccccc4c23)cc1. The molecule has 0 N–H and O–H groups in total. The number of para-hydroxylation sites is 2. The van der Waals surface area contributed by atoms with Crippen LogP contribution in [-0.4, -0.2) is 0 Å². The van der Waals surface area contributed by atoms with Crippen molar-refractivity contribution < 1.29 is 8.83 Å². The number of aryl methyl sites for hydroxylation is 2. The Hall–Kier alpha value is -9.64. The third kappa shape index (κ3) is 6.36.